The van der Waals surface area contributed by atoms with Crippen LogP contribution >= 0.6 is 11.8 Å². The van der Waals surface area contributed by atoms with E-state index in [-0.39, 0.29) is 0 Å². The van der Waals surface area contributed by atoms with Crippen LogP contribution in [0.4, 0.5) is 0 Å². The average molecular weight is 192 g/mol. The molecule has 1 heterocycles. The first-order valence-corrected chi connectivity index (χ1v) is 5.44. The van der Waals surface area contributed by atoms with E-state index in [9.17, 15) is 0 Å². The van der Waals surface area contributed by atoms with Gasteiger partial charge in [0.15, 0.2) is 5.16 Å². The Balaban J connectivity index is 2.70. The molecule has 1 aromatic heterocycles. The second-order valence-corrected chi connectivity index (χ2v) is 3.99. The smallest absolute Gasteiger partial charge is 0.166 e. The second-order valence-electron chi connectivity index (χ2n) is 3.20. The highest BCUT2D eigenvalue weighted by Crippen LogP contribution is 2.20. The molecule has 2 aromatic rings. The first-order chi connectivity index (χ1) is 6.20. The molecule has 68 valence electrons. The van der Waals surface area contributed by atoms with E-state index in [0.29, 0.717) is 0 Å². The number of H-pyrrole nitrogens is 1. The lowest BCUT2D eigenvalue weighted by atomic mass is 10.1. The first kappa shape index (κ1) is 8.63. The number of nitrogens with zero attached hydrogens (tertiary/aromatic N) is 1. The van der Waals surface area contributed by atoms with Crippen molar-refractivity contribution in [3.8, 4) is 0 Å². The molecule has 1 N–H and O–H groups in total. The van der Waals surface area contributed by atoms with Gasteiger partial charge in [-0.15, -0.1) is 0 Å². The number of aromatic amines is 1. The summed E-state index contributed by atoms with van der Waals surface area (Å²) in [4.78, 5) is 7.71. The molecule has 0 aliphatic carbocycles. The van der Waals surface area contributed by atoms with Gasteiger partial charge in [-0.3, -0.25) is 0 Å². The molecular weight excluding hydrogens is 180 g/mol. The molecule has 0 aliphatic heterocycles. The number of thioether (sulfide) groups is 1. The zero-order valence-corrected chi connectivity index (χ0v) is 8.83. The van der Waals surface area contributed by atoms with E-state index in [0.717, 1.165) is 16.2 Å². The third-order valence-electron chi connectivity index (χ3n) is 2.27. The van der Waals surface area contributed by atoms with Gasteiger partial charge in [0.1, 0.15) is 0 Å². The van der Waals surface area contributed by atoms with Crippen LogP contribution in [-0.4, -0.2) is 16.2 Å². The zero-order valence-electron chi connectivity index (χ0n) is 8.01. The van der Waals surface area contributed by atoms with Crippen molar-refractivity contribution < 1.29 is 0 Å². The number of hydrogen-bond donors (Lipinski definition) is 1. The minimum absolute atomic E-state index is 0.986. The summed E-state index contributed by atoms with van der Waals surface area (Å²) in [7, 11) is 0. The zero-order chi connectivity index (χ0) is 9.42. The number of aromatic nitrogens is 2. The Kier molecular flexibility index (Phi) is 2.04. The third kappa shape index (κ3) is 1.44. The fraction of sp³-hybridized carbons (Fsp3) is 0.300. The van der Waals surface area contributed by atoms with Gasteiger partial charge in [0, 0.05) is 0 Å². The molecule has 0 unspecified atom stereocenters. The summed E-state index contributed by atoms with van der Waals surface area (Å²) in [6, 6.07) is 4.28. The van der Waals surface area contributed by atoms with Gasteiger partial charge >= 0.3 is 0 Å². The maximum absolute atomic E-state index is 4.44. The van der Waals surface area contributed by atoms with Gasteiger partial charge in [0.25, 0.3) is 0 Å². The Morgan fingerprint density at radius 2 is 1.92 bits per heavy atom. The first-order valence-electron chi connectivity index (χ1n) is 4.21. The number of benzene rings is 1. The minimum atomic E-state index is 0.986. The molecule has 0 atom stereocenters. The lowest BCUT2D eigenvalue weighted by molar-refractivity contribution is 1.09. The Bertz CT molecular complexity index is 406. The summed E-state index contributed by atoms with van der Waals surface area (Å²) in [5.74, 6) is 0. The summed E-state index contributed by atoms with van der Waals surface area (Å²) in [5, 5.41) is 0.986. The van der Waals surface area contributed by atoms with E-state index in [1.807, 2.05) is 6.26 Å². The van der Waals surface area contributed by atoms with E-state index in [4.69, 9.17) is 0 Å². The SMILES string of the molecule is CSc1nc2cc(C)c(C)cc2[nH]1. The van der Waals surface area contributed by atoms with E-state index >= 15 is 0 Å². The third-order valence-corrected chi connectivity index (χ3v) is 2.85. The average Bonchev–Trinajstić information content (AvgIpc) is 2.48. The Hall–Kier alpha value is -0.960. The van der Waals surface area contributed by atoms with Gasteiger partial charge in [-0.1, -0.05) is 11.8 Å². The van der Waals surface area contributed by atoms with Crippen LogP contribution in [0.3, 0.4) is 0 Å². The second kappa shape index (κ2) is 3.07. The van der Waals surface area contributed by atoms with Crippen molar-refractivity contribution in [1.82, 2.24) is 9.97 Å². The van der Waals surface area contributed by atoms with Crippen LogP contribution < -0.4 is 0 Å². The highest BCUT2D eigenvalue weighted by atomic mass is 32.2. The highest BCUT2D eigenvalue weighted by Gasteiger charge is 2.02. The Morgan fingerprint density at radius 1 is 1.23 bits per heavy atom. The van der Waals surface area contributed by atoms with Crippen LogP contribution in [0.1, 0.15) is 11.1 Å². The van der Waals surface area contributed by atoms with Crippen LogP contribution in [0.15, 0.2) is 17.3 Å². The topological polar surface area (TPSA) is 28.7 Å². The van der Waals surface area contributed by atoms with E-state index in [2.05, 4.69) is 35.9 Å². The van der Waals surface area contributed by atoms with E-state index in [1.54, 1.807) is 11.8 Å². The van der Waals surface area contributed by atoms with Crippen molar-refractivity contribution >= 4 is 22.8 Å². The molecule has 0 saturated carbocycles. The minimum Gasteiger partial charge on any atom is -0.333 e. The van der Waals surface area contributed by atoms with Crippen LogP contribution in [-0.2, 0) is 0 Å². The molecule has 3 heteroatoms. The van der Waals surface area contributed by atoms with Gasteiger partial charge in [0.2, 0.25) is 0 Å². The number of hydrogen-bond acceptors (Lipinski definition) is 2. The van der Waals surface area contributed by atoms with Crippen molar-refractivity contribution in [2.75, 3.05) is 6.26 Å². The van der Waals surface area contributed by atoms with E-state index in [1.165, 1.54) is 11.1 Å². The molecule has 0 radical (unpaired) electrons. The molecular formula is C10H12N2S. The van der Waals surface area contributed by atoms with Gasteiger partial charge in [0.05, 0.1) is 11.0 Å². The molecule has 0 amide bonds. The molecule has 0 spiro atoms. The standard InChI is InChI=1S/C10H12N2S/c1-6-4-8-9(5-7(6)2)12-10(11-8)13-3/h4-5H,1-3H3,(H,11,12). The van der Waals surface area contributed by atoms with Crippen molar-refractivity contribution in [3.05, 3.63) is 23.3 Å². The Morgan fingerprint density at radius 3 is 2.62 bits per heavy atom. The molecule has 2 nitrogen and oxygen atoms in total. The van der Waals surface area contributed by atoms with Gasteiger partial charge in [-0.25, -0.2) is 4.98 Å². The predicted octanol–water partition coefficient (Wildman–Crippen LogP) is 2.90. The van der Waals surface area contributed by atoms with Crippen molar-refractivity contribution in [3.63, 3.8) is 0 Å². The number of nitrogens with one attached hydrogen (secondary N) is 1. The maximum atomic E-state index is 4.44. The lowest BCUT2D eigenvalue weighted by Crippen LogP contribution is -1.79. The van der Waals surface area contributed by atoms with Gasteiger partial charge in [-0.2, -0.15) is 0 Å². The summed E-state index contributed by atoms with van der Waals surface area (Å²) in [6.45, 7) is 4.23. The molecule has 2 rings (SSSR count). The monoisotopic (exact) mass is 192 g/mol. The summed E-state index contributed by atoms with van der Waals surface area (Å²) >= 11 is 1.64. The summed E-state index contributed by atoms with van der Waals surface area (Å²) in [5.41, 5.74) is 4.80. The fourth-order valence-electron chi connectivity index (χ4n) is 1.34. The lowest BCUT2D eigenvalue weighted by Gasteiger charge is -1.97. The molecule has 13 heavy (non-hydrogen) atoms. The number of fused-ring (bicyclic) bond motifs is 1. The molecule has 0 aliphatic rings. The van der Waals surface area contributed by atoms with Crippen LogP contribution in [0.25, 0.3) is 11.0 Å². The van der Waals surface area contributed by atoms with Gasteiger partial charge in [-0.05, 0) is 43.4 Å². The fourth-order valence-corrected chi connectivity index (χ4v) is 1.74. The Labute approximate surface area is 81.8 Å². The van der Waals surface area contributed by atoms with Crippen molar-refractivity contribution in [2.45, 2.75) is 19.0 Å². The largest absolute Gasteiger partial charge is 0.333 e. The van der Waals surface area contributed by atoms with Crippen molar-refractivity contribution in [1.29, 1.82) is 0 Å². The molecule has 0 fully saturated rings. The van der Waals surface area contributed by atoms with Crippen LogP contribution in [0.5, 0.6) is 0 Å². The number of aryl methyl sites for hydroxylation is 2. The summed E-state index contributed by atoms with van der Waals surface area (Å²) < 4.78 is 0. The molecule has 0 saturated heterocycles. The summed E-state index contributed by atoms with van der Waals surface area (Å²) in [6.07, 6.45) is 2.03. The predicted molar refractivity (Wildman–Crippen MR) is 57.3 cm³/mol. The highest BCUT2D eigenvalue weighted by molar-refractivity contribution is 7.98. The normalized spacial score (nSPS) is 11.0. The maximum Gasteiger partial charge on any atom is 0.166 e. The number of imidazole rings is 1. The van der Waals surface area contributed by atoms with Crippen LogP contribution in [0, 0.1) is 13.8 Å². The quantitative estimate of drug-likeness (QED) is 0.704. The van der Waals surface area contributed by atoms with Gasteiger partial charge < -0.3 is 4.98 Å². The number of rotatable bonds is 1. The molecule has 0 bridgehead atoms. The van der Waals surface area contributed by atoms with Crippen molar-refractivity contribution in [2.24, 2.45) is 0 Å². The van der Waals surface area contributed by atoms with Crippen LogP contribution in [0.2, 0.25) is 0 Å². The van der Waals surface area contributed by atoms with E-state index < -0.39 is 0 Å². The molecule has 1 aromatic carbocycles.